The number of carboxylic acids is 1. The van der Waals surface area contributed by atoms with E-state index in [9.17, 15) is 14.9 Å². The number of hydrogen-bond acceptors (Lipinski definition) is 5. The average molecular weight is 299 g/mol. The molecule has 7 heteroatoms. The summed E-state index contributed by atoms with van der Waals surface area (Å²) in [6, 6.07) is 4.70. The molecule has 1 aliphatic rings. The summed E-state index contributed by atoms with van der Waals surface area (Å²) in [5, 5.41) is 27.7. The summed E-state index contributed by atoms with van der Waals surface area (Å²) in [4.78, 5) is 19.9. The van der Waals surface area contributed by atoms with Gasteiger partial charge in [-0.25, -0.2) is 4.79 Å². The van der Waals surface area contributed by atoms with Crippen LogP contribution in [0.2, 0.25) is 0 Å². The smallest absolute Gasteiger partial charge is 0.335 e. The van der Waals surface area contributed by atoms with Gasteiger partial charge in [0.15, 0.2) is 0 Å². The van der Waals surface area contributed by atoms with E-state index in [0.29, 0.717) is 0 Å². The third-order valence-electron chi connectivity index (χ3n) is 2.75. The Kier molecular flexibility index (Phi) is 7.03. The third kappa shape index (κ3) is 6.03. The van der Waals surface area contributed by atoms with Crippen LogP contribution < -0.4 is 0 Å². The molecule has 0 spiro atoms. The van der Waals surface area contributed by atoms with Crippen molar-refractivity contribution in [2.75, 3.05) is 11.5 Å². The Balaban J connectivity index is 0.000000217. The summed E-state index contributed by atoms with van der Waals surface area (Å²) < 4.78 is 0. The van der Waals surface area contributed by atoms with Crippen molar-refractivity contribution < 1.29 is 19.9 Å². The number of aromatic carboxylic acids is 1. The minimum absolute atomic E-state index is 0.00463. The highest BCUT2D eigenvalue weighted by Crippen LogP contribution is 2.16. The SMILES string of the molecule is O=C(O)c1ccc([N+](=O)[O-])cc1.OC1CCCSCC1. The molecular formula is C13H17NO5S. The average Bonchev–Trinajstić information content (AvgIpc) is 2.67. The van der Waals surface area contributed by atoms with Gasteiger partial charge in [0.25, 0.3) is 5.69 Å². The first-order chi connectivity index (χ1) is 9.50. The number of nitro groups is 1. The third-order valence-corrected chi connectivity index (χ3v) is 3.85. The van der Waals surface area contributed by atoms with E-state index >= 15 is 0 Å². The summed E-state index contributed by atoms with van der Waals surface area (Å²) in [7, 11) is 0. The van der Waals surface area contributed by atoms with Crippen molar-refractivity contribution in [1.82, 2.24) is 0 Å². The summed E-state index contributed by atoms with van der Waals surface area (Å²) in [6.45, 7) is 0. The molecule has 1 aromatic carbocycles. The predicted octanol–water partition coefficient (Wildman–Crippen LogP) is 2.56. The maximum absolute atomic E-state index is 10.3. The minimum atomic E-state index is -1.09. The number of non-ortho nitro benzene ring substituents is 1. The molecule has 1 saturated heterocycles. The van der Waals surface area contributed by atoms with Gasteiger partial charge in [-0.15, -0.1) is 0 Å². The van der Waals surface area contributed by atoms with E-state index in [-0.39, 0.29) is 17.4 Å². The number of carbonyl (C=O) groups is 1. The molecular weight excluding hydrogens is 282 g/mol. The predicted molar refractivity (Wildman–Crippen MR) is 77.2 cm³/mol. The van der Waals surface area contributed by atoms with Crippen molar-refractivity contribution in [3.05, 3.63) is 39.9 Å². The van der Waals surface area contributed by atoms with Gasteiger partial charge in [-0.2, -0.15) is 11.8 Å². The molecule has 0 aromatic heterocycles. The number of nitro benzene ring substituents is 1. The lowest BCUT2D eigenvalue weighted by Crippen LogP contribution is -2.04. The van der Waals surface area contributed by atoms with Gasteiger partial charge in [-0.1, -0.05) is 0 Å². The van der Waals surface area contributed by atoms with Gasteiger partial charge >= 0.3 is 5.97 Å². The molecule has 0 aliphatic carbocycles. The van der Waals surface area contributed by atoms with Crippen LogP contribution in [-0.2, 0) is 0 Å². The number of nitrogens with zero attached hydrogens (tertiary/aromatic N) is 1. The molecule has 6 nitrogen and oxygen atoms in total. The molecule has 110 valence electrons. The number of rotatable bonds is 2. The first-order valence-electron chi connectivity index (χ1n) is 6.24. The second-order valence-electron chi connectivity index (χ2n) is 4.31. The van der Waals surface area contributed by atoms with Gasteiger partial charge in [0.1, 0.15) is 0 Å². The number of aliphatic hydroxyl groups is 1. The molecule has 2 rings (SSSR count). The summed E-state index contributed by atoms with van der Waals surface area (Å²) >= 11 is 1.96. The summed E-state index contributed by atoms with van der Waals surface area (Å²) in [5.74, 6) is 1.31. The Labute approximate surface area is 121 Å². The molecule has 1 atom stereocenters. The van der Waals surface area contributed by atoms with Crippen molar-refractivity contribution >= 4 is 23.4 Å². The van der Waals surface area contributed by atoms with E-state index < -0.39 is 10.9 Å². The normalized spacial score (nSPS) is 18.4. The zero-order chi connectivity index (χ0) is 15.0. The fraction of sp³-hybridized carbons (Fsp3) is 0.462. The fourth-order valence-electron chi connectivity index (χ4n) is 1.61. The number of aliphatic hydroxyl groups excluding tert-OH is 1. The Morgan fingerprint density at radius 3 is 2.45 bits per heavy atom. The number of thioether (sulfide) groups is 1. The van der Waals surface area contributed by atoms with Crippen molar-refractivity contribution in [1.29, 1.82) is 0 Å². The highest BCUT2D eigenvalue weighted by Gasteiger charge is 2.07. The Bertz CT molecular complexity index is 408. The standard InChI is InChI=1S/C7H5NO4.C6H12OS/c9-7(10)5-1-3-6(4-2-5)8(11)12;7-6-2-1-4-8-5-3-6/h1-4H,(H,9,10);6-7H,1-5H2. The van der Waals surface area contributed by atoms with Crippen LogP contribution in [0.4, 0.5) is 5.69 Å². The molecule has 1 aromatic rings. The minimum Gasteiger partial charge on any atom is -0.478 e. The van der Waals surface area contributed by atoms with Crippen LogP contribution in [0.1, 0.15) is 29.6 Å². The summed E-state index contributed by atoms with van der Waals surface area (Å²) in [6.07, 6.45) is 3.23. The van der Waals surface area contributed by atoms with Gasteiger partial charge in [0, 0.05) is 12.1 Å². The van der Waals surface area contributed by atoms with E-state index in [2.05, 4.69) is 0 Å². The van der Waals surface area contributed by atoms with Crippen LogP contribution >= 0.6 is 11.8 Å². The van der Waals surface area contributed by atoms with Gasteiger partial charge in [0.05, 0.1) is 16.6 Å². The zero-order valence-electron chi connectivity index (χ0n) is 10.9. The molecule has 1 unspecified atom stereocenters. The van der Waals surface area contributed by atoms with E-state index in [1.165, 1.54) is 24.3 Å². The topological polar surface area (TPSA) is 101 Å². The van der Waals surface area contributed by atoms with Crippen molar-refractivity contribution in [3.8, 4) is 0 Å². The molecule has 0 saturated carbocycles. The number of carboxylic acid groups (broad SMARTS) is 1. The first-order valence-corrected chi connectivity index (χ1v) is 7.39. The van der Waals surface area contributed by atoms with Crippen molar-refractivity contribution in [2.45, 2.75) is 25.4 Å². The maximum atomic E-state index is 10.3. The molecule has 1 aliphatic heterocycles. The van der Waals surface area contributed by atoms with Crippen LogP contribution in [-0.4, -0.2) is 38.7 Å². The van der Waals surface area contributed by atoms with Gasteiger partial charge in [-0.05, 0) is 42.9 Å². The fourth-order valence-corrected chi connectivity index (χ4v) is 2.63. The Morgan fingerprint density at radius 1 is 1.25 bits per heavy atom. The molecule has 0 amide bonds. The molecule has 20 heavy (non-hydrogen) atoms. The molecule has 0 bridgehead atoms. The largest absolute Gasteiger partial charge is 0.478 e. The summed E-state index contributed by atoms with van der Waals surface area (Å²) in [5.41, 5.74) is -0.0689. The number of hydrogen-bond donors (Lipinski definition) is 2. The molecule has 2 N–H and O–H groups in total. The van der Waals surface area contributed by atoms with Crippen LogP contribution in [0, 0.1) is 10.1 Å². The molecule has 1 heterocycles. The van der Waals surface area contributed by atoms with Crippen LogP contribution in [0.15, 0.2) is 24.3 Å². The zero-order valence-corrected chi connectivity index (χ0v) is 11.7. The molecule has 1 fully saturated rings. The van der Waals surface area contributed by atoms with Gasteiger partial charge in [-0.3, -0.25) is 10.1 Å². The lowest BCUT2D eigenvalue weighted by molar-refractivity contribution is -0.384. The van der Waals surface area contributed by atoms with Gasteiger partial charge in [0.2, 0.25) is 0 Å². The second-order valence-corrected chi connectivity index (χ2v) is 5.53. The van der Waals surface area contributed by atoms with E-state index in [4.69, 9.17) is 10.2 Å². The lowest BCUT2D eigenvalue weighted by atomic mass is 10.2. The van der Waals surface area contributed by atoms with E-state index in [1.54, 1.807) is 0 Å². The van der Waals surface area contributed by atoms with Crippen LogP contribution in [0.3, 0.4) is 0 Å². The Morgan fingerprint density at radius 2 is 1.90 bits per heavy atom. The second kappa shape index (κ2) is 8.55. The van der Waals surface area contributed by atoms with E-state index in [0.717, 1.165) is 30.7 Å². The van der Waals surface area contributed by atoms with Crippen molar-refractivity contribution in [3.63, 3.8) is 0 Å². The highest BCUT2D eigenvalue weighted by atomic mass is 32.2. The quantitative estimate of drug-likeness (QED) is 0.643. The highest BCUT2D eigenvalue weighted by molar-refractivity contribution is 7.99. The lowest BCUT2D eigenvalue weighted by Gasteiger charge is -2.01. The van der Waals surface area contributed by atoms with Gasteiger partial charge < -0.3 is 10.2 Å². The first kappa shape index (κ1) is 16.5. The maximum Gasteiger partial charge on any atom is 0.335 e. The molecule has 0 radical (unpaired) electrons. The van der Waals surface area contributed by atoms with Crippen molar-refractivity contribution in [2.24, 2.45) is 0 Å². The van der Waals surface area contributed by atoms with Crippen LogP contribution in [0.25, 0.3) is 0 Å². The van der Waals surface area contributed by atoms with Crippen LogP contribution in [0.5, 0.6) is 0 Å². The Hall–Kier alpha value is -1.60. The monoisotopic (exact) mass is 299 g/mol. The van der Waals surface area contributed by atoms with E-state index in [1.807, 2.05) is 11.8 Å². The number of benzene rings is 1.